The van der Waals surface area contributed by atoms with E-state index in [0.717, 1.165) is 0 Å². The molecule has 0 unspecified atom stereocenters. The van der Waals surface area contributed by atoms with Gasteiger partial charge in [-0.15, -0.1) is 0 Å². The van der Waals surface area contributed by atoms with Crippen molar-refractivity contribution in [2.75, 3.05) is 7.11 Å². The molecule has 0 amide bonds. The Kier molecular flexibility index (Phi) is 20.9. The number of rotatable bonds is 20. The van der Waals surface area contributed by atoms with Crippen LogP contribution < -0.4 is 5.48 Å². The summed E-state index contributed by atoms with van der Waals surface area (Å²) in [5.74, 6) is 0. The first-order valence-corrected chi connectivity index (χ1v) is 11.1. The van der Waals surface area contributed by atoms with Crippen LogP contribution in [-0.2, 0) is 4.84 Å². The largest absolute Gasteiger partial charge is 0.305 e. The van der Waals surface area contributed by atoms with Crippen molar-refractivity contribution in [1.29, 1.82) is 0 Å². The van der Waals surface area contributed by atoms with Gasteiger partial charge in [0.05, 0.1) is 7.11 Å². The summed E-state index contributed by atoms with van der Waals surface area (Å²) in [5, 5.41) is 0. The molecule has 0 aliphatic heterocycles. The zero-order valence-electron chi connectivity index (χ0n) is 17.2. The van der Waals surface area contributed by atoms with Crippen LogP contribution in [0.5, 0.6) is 0 Å². The summed E-state index contributed by atoms with van der Waals surface area (Å²) in [4.78, 5) is 5.20. The molecule has 1 N–H and O–H groups in total. The van der Waals surface area contributed by atoms with E-state index in [0.29, 0.717) is 6.04 Å². The Morgan fingerprint density at radius 3 is 1.21 bits per heavy atom. The van der Waals surface area contributed by atoms with Crippen LogP contribution in [0.15, 0.2) is 0 Å². The highest BCUT2D eigenvalue weighted by Gasteiger charge is 2.07. The monoisotopic (exact) mass is 341 g/mol. The summed E-state index contributed by atoms with van der Waals surface area (Å²) in [6.07, 6.45) is 25.0. The Morgan fingerprint density at radius 2 is 0.875 bits per heavy atom. The van der Waals surface area contributed by atoms with Gasteiger partial charge in [-0.25, -0.2) is 0 Å². The average Bonchev–Trinajstić information content (AvgIpc) is 2.59. The standard InChI is InChI=1S/C22H47NO/c1-4-6-8-10-12-14-16-18-20-22(23-24-3)21-19-17-15-13-11-9-7-5-2/h22-23H,4-21H2,1-3H3. The number of hydroxylamine groups is 1. The lowest BCUT2D eigenvalue weighted by Gasteiger charge is -2.17. The summed E-state index contributed by atoms with van der Waals surface area (Å²) in [5.41, 5.74) is 3.22. The lowest BCUT2D eigenvalue weighted by Crippen LogP contribution is -2.27. The summed E-state index contributed by atoms with van der Waals surface area (Å²) in [6.45, 7) is 4.57. The molecule has 0 atom stereocenters. The van der Waals surface area contributed by atoms with Crippen molar-refractivity contribution < 1.29 is 4.84 Å². The van der Waals surface area contributed by atoms with Crippen molar-refractivity contribution in [3.63, 3.8) is 0 Å². The van der Waals surface area contributed by atoms with Crippen molar-refractivity contribution in [2.24, 2.45) is 0 Å². The van der Waals surface area contributed by atoms with Crippen molar-refractivity contribution in [2.45, 2.75) is 135 Å². The van der Waals surface area contributed by atoms with Crippen LogP contribution in [0.4, 0.5) is 0 Å². The van der Waals surface area contributed by atoms with E-state index in [1.807, 2.05) is 0 Å². The number of hydrogen-bond donors (Lipinski definition) is 1. The minimum Gasteiger partial charge on any atom is -0.305 e. The molecule has 0 aromatic heterocycles. The van der Waals surface area contributed by atoms with Crippen molar-refractivity contribution >= 4 is 0 Å². The van der Waals surface area contributed by atoms with E-state index in [4.69, 9.17) is 4.84 Å². The van der Waals surface area contributed by atoms with Gasteiger partial charge in [-0.2, -0.15) is 5.48 Å². The Morgan fingerprint density at radius 1 is 0.542 bits per heavy atom. The van der Waals surface area contributed by atoms with E-state index in [2.05, 4.69) is 19.3 Å². The highest BCUT2D eigenvalue weighted by atomic mass is 16.6. The summed E-state index contributed by atoms with van der Waals surface area (Å²) >= 11 is 0. The Balaban J connectivity index is 3.43. The van der Waals surface area contributed by atoms with Gasteiger partial charge in [-0.05, 0) is 12.8 Å². The molecule has 2 nitrogen and oxygen atoms in total. The van der Waals surface area contributed by atoms with Gasteiger partial charge in [0.25, 0.3) is 0 Å². The first-order chi connectivity index (χ1) is 11.8. The van der Waals surface area contributed by atoms with Crippen LogP contribution in [0, 0.1) is 0 Å². The second-order valence-corrected chi connectivity index (χ2v) is 7.55. The molecule has 0 spiro atoms. The second kappa shape index (κ2) is 21.0. The number of unbranched alkanes of at least 4 members (excludes halogenated alkanes) is 14. The first-order valence-electron chi connectivity index (χ1n) is 11.1. The molecule has 0 radical (unpaired) electrons. The van der Waals surface area contributed by atoms with Crippen molar-refractivity contribution in [1.82, 2.24) is 5.48 Å². The summed E-state index contributed by atoms with van der Waals surface area (Å²) in [7, 11) is 1.76. The third-order valence-corrected chi connectivity index (χ3v) is 5.10. The van der Waals surface area contributed by atoms with Gasteiger partial charge < -0.3 is 4.84 Å². The molecule has 24 heavy (non-hydrogen) atoms. The number of hydrogen-bond acceptors (Lipinski definition) is 2. The normalized spacial score (nSPS) is 11.5. The van der Waals surface area contributed by atoms with Crippen LogP contribution in [0.2, 0.25) is 0 Å². The van der Waals surface area contributed by atoms with Crippen LogP contribution >= 0.6 is 0 Å². The van der Waals surface area contributed by atoms with Crippen molar-refractivity contribution in [3.05, 3.63) is 0 Å². The van der Waals surface area contributed by atoms with E-state index in [9.17, 15) is 0 Å². The van der Waals surface area contributed by atoms with Crippen LogP contribution in [0.25, 0.3) is 0 Å². The smallest absolute Gasteiger partial charge is 0.0572 e. The second-order valence-electron chi connectivity index (χ2n) is 7.55. The summed E-state index contributed by atoms with van der Waals surface area (Å²) in [6, 6.07) is 0.565. The fourth-order valence-corrected chi connectivity index (χ4v) is 3.48. The SMILES string of the molecule is CCCCCCCCCCC(CCCCCCCCCC)NOC. The molecule has 146 valence electrons. The molecule has 0 rings (SSSR count). The van der Waals surface area contributed by atoms with E-state index in [-0.39, 0.29) is 0 Å². The van der Waals surface area contributed by atoms with Crippen LogP contribution in [0.3, 0.4) is 0 Å². The van der Waals surface area contributed by atoms with Gasteiger partial charge in [-0.3, -0.25) is 0 Å². The highest BCUT2D eigenvalue weighted by Crippen LogP contribution is 2.15. The fourth-order valence-electron chi connectivity index (χ4n) is 3.48. The Labute approximate surface area is 153 Å². The molecular formula is C22H47NO. The zero-order chi connectivity index (χ0) is 17.7. The van der Waals surface area contributed by atoms with Gasteiger partial charge in [0, 0.05) is 6.04 Å². The molecule has 0 fully saturated rings. The first kappa shape index (κ1) is 23.9. The molecule has 0 bridgehead atoms. The van der Waals surface area contributed by atoms with Gasteiger partial charge in [0.2, 0.25) is 0 Å². The predicted octanol–water partition coefficient (Wildman–Crippen LogP) is 7.57. The maximum atomic E-state index is 5.20. The summed E-state index contributed by atoms with van der Waals surface area (Å²) < 4.78 is 0. The lowest BCUT2D eigenvalue weighted by molar-refractivity contribution is 0.0536. The molecular weight excluding hydrogens is 294 g/mol. The maximum absolute atomic E-state index is 5.20. The molecule has 0 heterocycles. The molecule has 0 saturated heterocycles. The van der Waals surface area contributed by atoms with Crippen LogP contribution in [-0.4, -0.2) is 13.2 Å². The van der Waals surface area contributed by atoms with Crippen molar-refractivity contribution in [3.8, 4) is 0 Å². The van der Waals surface area contributed by atoms with Crippen LogP contribution in [0.1, 0.15) is 129 Å². The minimum absolute atomic E-state index is 0.565. The quantitative estimate of drug-likeness (QED) is 0.182. The molecule has 0 aliphatic carbocycles. The van der Waals surface area contributed by atoms with Gasteiger partial charge in [0.15, 0.2) is 0 Å². The minimum atomic E-state index is 0.565. The Hall–Kier alpha value is -0.0800. The molecule has 0 aromatic rings. The van der Waals surface area contributed by atoms with E-state index < -0.39 is 0 Å². The van der Waals surface area contributed by atoms with E-state index >= 15 is 0 Å². The third kappa shape index (κ3) is 18.3. The average molecular weight is 342 g/mol. The Bertz CT molecular complexity index is 200. The van der Waals surface area contributed by atoms with Gasteiger partial charge in [0.1, 0.15) is 0 Å². The lowest BCUT2D eigenvalue weighted by atomic mass is 10.0. The predicted molar refractivity (Wildman–Crippen MR) is 108 cm³/mol. The topological polar surface area (TPSA) is 21.3 Å². The third-order valence-electron chi connectivity index (χ3n) is 5.10. The fraction of sp³-hybridized carbons (Fsp3) is 1.00. The zero-order valence-corrected chi connectivity index (χ0v) is 17.2. The maximum Gasteiger partial charge on any atom is 0.0572 e. The molecule has 0 saturated carbocycles. The molecule has 2 heteroatoms. The molecule has 0 aromatic carbocycles. The number of nitrogens with one attached hydrogen (secondary N) is 1. The van der Waals surface area contributed by atoms with E-state index in [1.165, 1.54) is 116 Å². The van der Waals surface area contributed by atoms with E-state index in [1.54, 1.807) is 7.11 Å². The molecule has 0 aliphatic rings. The van der Waals surface area contributed by atoms with Gasteiger partial charge >= 0.3 is 0 Å². The van der Waals surface area contributed by atoms with Gasteiger partial charge in [-0.1, -0.05) is 117 Å². The highest BCUT2D eigenvalue weighted by molar-refractivity contribution is 4.63.